The Labute approximate surface area is 268 Å². The van der Waals surface area contributed by atoms with Gasteiger partial charge in [0.25, 0.3) is 11.8 Å². The first-order valence-electron chi connectivity index (χ1n) is 14.2. The number of carbonyl (C=O) groups excluding carboxylic acids is 5. The van der Waals surface area contributed by atoms with E-state index < -0.39 is 63.5 Å². The van der Waals surface area contributed by atoms with Crippen molar-refractivity contribution in [1.82, 2.24) is 15.0 Å². The molecule has 0 spiro atoms. The van der Waals surface area contributed by atoms with E-state index in [1.165, 1.54) is 0 Å². The molecule has 2 bridgehead atoms. The van der Waals surface area contributed by atoms with E-state index in [1.807, 2.05) is 18.2 Å². The van der Waals surface area contributed by atoms with Crippen LogP contribution >= 0.6 is 34.8 Å². The highest BCUT2D eigenvalue weighted by atomic mass is 35.6. The fourth-order valence-corrected chi connectivity index (χ4v) is 6.39. The van der Waals surface area contributed by atoms with Crippen molar-refractivity contribution in [3.63, 3.8) is 0 Å². The lowest BCUT2D eigenvalue weighted by molar-refractivity contribution is -0.207. The number of likely N-dealkylation sites (tertiary alicyclic amines) is 1. The van der Waals surface area contributed by atoms with Gasteiger partial charge in [-0.05, 0) is 92.2 Å². The standard InChI is InChI=1S/C29H32Cl3N3O9/c1-28(2,3)42-26(39)33-14-19(34(27(40)43-29(30,31)32)41-15-16-7-5-4-6-8-16)11-12-20(33)25(38)44-35-23(36)21-17-9-10-18(13-17)22(21)24(35)37/h4-10,17-22H,11-15H2,1-3H3/t17-,18+,19-,20+,21-,22+/m1/s1. The largest absolute Gasteiger partial charge is 0.444 e. The van der Waals surface area contributed by atoms with Crippen molar-refractivity contribution in [3.05, 3.63) is 48.0 Å². The van der Waals surface area contributed by atoms with Crippen LogP contribution in [-0.4, -0.2) is 73.2 Å². The minimum Gasteiger partial charge on any atom is -0.444 e. The predicted molar refractivity (Wildman–Crippen MR) is 155 cm³/mol. The normalized spacial score (nSPS) is 27.8. The molecule has 44 heavy (non-hydrogen) atoms. The number of hydroxylamine groups is 4. The van der Waals surface area contributed by atoms with Crippen molar-refractivity contribution in [1.29, 1.82) is 0 Å². The summed E-state index contributed by atoms with van der Waals surface area (Å²) in [5, 5.41) is 1.39. The van der Waals surface area contributed by atoms with Crippen LogP contribution in [0.4, 0.5) is 9.59 Å². The molecule has 238 valence electrons. The number of hydrogen-bond donors (Lipinski definition) is 0. The number of allylic oxidation sites excluding steroid dienone is 2. The van der Waals surface area contributed by atoms with Gasteiger partial charge < -0.3 is 14.3 Å². The van der Waals surface area contributed by atoms with Crippen LogP contribution in [0.2, 0.25) is 0 Å². The van der Waals surface area contributed by atoms with E-state index >= 15 is 0 Å². The molecule has 2 aliphatic heterocycles. The Kier molecular flexibility index (Phi) is 9.10. The van der Waals surface area contributed by atoms with Crippen molar-refractivity contribution in [2.75, 3.05) is 6.54 Å². The molecular weight excluding hydrogens is 641 g/mol. The third-order valence-corrected chi connectivity index (χ3v) is 8.23. The molecule has 12 nitrogen and oxygen atoms in total. The summed E-state index contributed by atoms with van der Waals surface area (Å²) in [6.45, 7) is 4.60. The summed E-state index contributed by atoms with van der Waals surface area (Å²) >= 11 is 17.1. The smallest absolute Gasteiger partial charge is 0.437 e. The number of nitrogens with zero attached hydrogens (tertiary/aromatic N) is 3. The van der Waals surface area contributed by atoms with Gasteiger partial charge >= 0.3 is 22.1 Å². The highest BCUT2D eigenvalue weighted by molar-refractivity contribution is 6.66. The van der Waals surface area contributed by atoms with E-state index in [0.29, 0.717) is 17.0 Å². The molecule has 15 heteroatoms. The van der Waals surface area contributed by atoms with Gasteiger partial charge in [-0.1, -0.05) is 42.5 Å². The lowest BCUT2D eigenvalue weighted by Crippen LogP contribution is -2.59. The fraction of sp³-hybridized carbons (Fsp3) is 0.552. The molecule has 6 atom stereocenters. The molecule has 0 unspecified atom stereocenters. The molecule has 4 aliphatic rings. The number of fused-ring (bicyclic) bond motifs is 5. The van der Waals surface area contributed by atoms with Crippen molar-refractivity contribution in [2.24, 2.45) is 23.7 Å². The van der Waals surface area contributed by atoms with Crippen LogP contribution in [0.3, 0.4) is 0 Å². The van der Waals surface area contributed by atoms with Gasteiger partial charge in [0, 0.05) is 6.54 Å². The van der Waals surface area contributed by atoms with Gasteiger partial charge in [0.1, 0.15) is 18.2 Å². The Bertz CT molecular complexity index is 1320. The topological polar surface area (TPSA) is 132 Å². The van der Waals surface area contributed by atoms with Gasteiger partial charge in [-0.25, -0.2) is 14.4 Å². The lowest BCUT2D eigenvalue weighted by Gasteiger charge is -2.41. The Morgan fingerprint density at radius 1 is 0.932 bits per heavy atom. The summed E-state index contributed by atoms with van der Waals surface area (Å²) in [4.78, 5) is 78.4. The average Bonchev–Trinajstić information content (AvgIpc) is 3.62. The Morgan fingerprint density at radius 3 is 2.11 bits per heavy atom. The zero-order valence-electron chi connectivity index (χ0n) is 24.2. The average molecular weight is 673 g/mol. The first kappa shape index (κ1) is 32.3. The van der Waals surface area contributed by atoms with Crippen LogP contribution in [0.15, 0.2) is 42.5 Å². The van der Waals surface area contributed by atoms with Crippen molar-refractivity contribution in [2.45, 2.75) is 68.3 Å². The Morgan fingerprint density at radius 2 is 1.55 bits per heavy atom. The molecule has 0 aromatic heterocycles. The quantitative estimate of drug-likeness (QED) is 0.179. The molecule has 0 N–H and O–H groups in total. The van der Waals surface area contributed by atoms with E-state index in [4.69, 9.17) is 54.0 Å². The van der Waals surface area contributed by atoms with Crippen molar-refractivity contribution >= 4 is 64.8 Å². The van der Waals surface area contributed by atoms with E-state index in [-0.39, 0.29) is 37.8 Å². The van der Waals surface area contributed by atoms with E-state index in [1.54, 1.807) is 45.0 Å². The molecule has 3 fully saturated rings. The maximum Gasteiger partial charge on any atom is 0.437 e. The molecule has 1 aromatic carbocycles. The van der Waals surface area contributed by atoms with Crippen LogP contribution in [-0.2, 0) is 40.1 Å². The summed E-state index contributed by atoms with van der Waals surface area (Å²) in [6.07, 6.45) is 2.59. The second-order valence-electron chi connectivity index (χ2n) is 12.2. The number of hydrogen-bond acceptors (Lipinski definition) is 9. The number of carbonyl (C=O) groups is 5. The monoisotopic (exact) mass is 671 g/mol. The van der Waals surface area contributed by atoms with Gasteiger partial charge in [-0.2, -0.15) is 5.06 Å². The molecule has 2 heterocycles. The minimum atomic E-state index is -2.40. The van der Waals surface area contributed by atoms with Gasteiger partial charge in [0.2, 0.25) is 0 Å². The van der Waals surface area contributed by atoms with Gasteiger partial charge in [0.05, 0.1) is 17.9 Å². The SMILES string of the molecule is CC(C)(C)OC(=O)N1C[C@H](N(OCc2ccccc2)C(=O)OC(Cl)(Cl)Cl)CC[C@H]1C(=O)ON1C(=O)[C@@H]2[C@H](C1=O)[C@@H]1C=C[C@H]2C1. The van der Waals surface area contributed by atoms with E-state index in [0.717, 1.165) is 9.96 Å². The molecular formula is C29H32Cl3N3O9. The van der Waals surface area contributed by atoms with Crippen LogP contribution in [0.1, 0.15) is 45.6 Å². The molecule has 5 rings (SSSR count). The first-order valence-corrected chi connectivity index (χ1v) is 15.3. The summed E-state index contributed by atoms with van der Waals surface area (Å²) in [5.74, 6) is -3.42. The van der Waals surface area contributed by atoms with Crippen molar-refractivity contribution in [3.8, 4) is 0 Å². The third kappa shape index (κ3) is 6.93. The minimum absolute atomic E-state index is 0.0507. The number of alkyl halides is 3. The molecule has 2 saturated heterocycles. The maximum atomic E-state index is 13.5. The Balaban J connectivity index is 1.34. The summed E-state index contributed by atoms with van der Waals surface area (Å²) in [5.41, 5.74) is -0.227. The first-order chi connectivity index (χ1) is 20.6. The van der Waals surface area contributed by atoms with Gasteiger partial charge in [-0.15, -0.1) is 5.06 Å². The summed E-state index contributed by atoms with van der Waals surface area (Å²) in [6, 6.07) is 6.80. The number of rotatable bonds is 6. The highest BCUT2D eigenvalue weighted by Crippen LogP contribution is 2.52. The number of piperidine rings is 1. The number of benzene rings is 1. The zero-order valence-corrected chi connectivity index (χ0v) is 26.5. The van der Waals surface area contributed by atoms with Crippen LogP contribution in [0.5, 0.6) is 0 Å². The van der Waals surface area contributed by atoms with Crippen molar-refractivity contribution < 1.29 is 43.1 Å². The number of halogens is 3. The molecule has 4 amide bonds. The predicted octanol–water partition coefficient (Wildman–Crippen LogP) is 4.92. The van der Waals surface area contributed by atoms with Gasteiger partial charge in [-0.3, -0.25) is 19.3 Å². The van der Waals surface area contributed by atoms with E-state index in [9.17, 15) is 24.0 Å². The van der Waals surface area contributed by atoms with Crippen LogP contribution < -0.4 is 0 Å². The second-order valence-corrected chi connectivity index (χ2v) is 14.3. The highest BCUT2D eigenvalue weighted by Gasteiger charge is 2.61. The molecule has 0 radical (unpaired) electrons. The summed E-state index contributed by atoms with van der Waals surface area (Å²) in [7, 11) is 0. The Hall–Kier alpha value is -3.06. The number of amides is 4. The van der Waals surface area contributed by atoms with Crippen LogP contribution in [0.25, 0.3) is 0 Å². The fourth-order valence-electron chi connectivity index (χ4n) is 6.20. The molecule has 1 saturated carbocycles. The lowest BCUT2D eigenvalue weighted by atomic mass is 9.85. The molecule has 2 aliphatic carbocycles. The third-order valence-electron chi connectivity index (χ3n) is 8.00. The van der Waals surface area contributed by atoms with E-state index in [2.05, 4.69) is 0 Å². The molecule has 1 aromatic rings. The second kappa shape index (κ2) is 12.4. The number of ether oxygens (including phenoxy) is 2. The summed E-state index contributed by atoms with van der Waals surface area (Å²) < 4.78 is 8.05. The maximum absolute atomic E-state index is 13.5. The van der Waals surface area contributed by atoms with Gasteiger partial charge in [0.15, 0.2) is 0 Å². The zero-order chi connectivity index (χ0) is 32.0. The number of imide groups is 1. The van der Waals surface area contributed by atoms with Crippen LogP contribution in [0, 0.1) is 23.7 Å².